The number of carbonyl (C=O) groups is 1. The van der Waals surface area contributed by atoms with E-state index in [1.54, 1.807) is 4.90 Å². The maximum Gasteiger partial charge on any atom is 0.327 e. The highest BCUT2D eigenvalue weighted by atomic mass is 16.4. The average Bonchev–Trinajstić information content (AvgIpc) is 2.79. The van der Waals surface area contributed by atoms with Gasteiger partial charge in [0, 0.05) is 19.0 Å². The molecule has 1 aliphatic rings. The predicted molar refractivity (Wildman–Crippen MR) is 65.3 cm³/mol. The molecule has 1 fully saturated rings. The highest BCUT2D eigenvalue weighted by molar-refractivity contribution is 5.74. The van der Waals surface area contributed by atoms with Crippen LogP contribution in [0.4, 0.5) is 0 Å². The Kier molecular flexibility index (Phi) is 3.66. The fourth-order valence-corrected chi connectivity index (χ4v) is 2.00. The van der Waals surface area contributed by atoms with E-state index in [4.69, 9.17) is 5.11 Å². The zero-order chi connectivity index (χ0) is 12.1. The molecule has 3 nitrogen and oxygen atoms in total. The molecule has 1 heterocycles. The van der Waals surface area contributed by atoms with Crippen LogP contribution in [0.25, 0.3) is 0 Å². The lowest BCUT2D eigenvalue weighted by atomic mass is 10.2. The van der Waals surface area contributed by atoms with E-state index in [0.29, 0.717) is 12.8 Å². The lowest BCUT2D eigenvalue weighted by Crippen LogP contribution is -2.32. The molecule has 0 bridgehead atoms. The van der Waals surface area contributed by atoms with Gasteiger partial charge >= 0.3 is 5.97 Å². The summed E-state index contributed by atoms with van der Waals surface area (Å²) in [5.74, 6) is 2.27. The number of likely N-dealkylation sites (tertiary alicyclic amines) is 1. The van der Waals surface area contributed by atoms with Crippen LogP contribution in [0.3, 0.4) is 0 Å². The molecule has 1 aliphatic heterocycles. The molecule has 1 saturated heterocycles. The van der Waals surface area contributed by atoms with Crippen LogP contribution in [0.5, 0.6) is 0 Å². The van der Waals surface area contributed by atoms with Crippen molar-refractivity contribution in [2.45, 2.75) is 25.3 Å². The fourth-order valence-electron chi connectivity index (χ4n) is 2.00. The molecule has 0 spiro atoms. The molecule has 1 aromatic rings. The maximum atomic E-state index is 10.9. The molecule has 0 radical (unpaired) electrons. The molecule has 1 unspecified atom stereocenters. The van der Waals surface area contributed by atoms with Gasteiger partial charge in [0.05, 0.1) is 0 Å². The van der Waals surface area contributed by atoms with Gasteiger partial charge in [0.15, 0.2) is 0 Å². The molecule has 2 rings (SSSR count). The Morgan fingerprint density at radius 2 is 2.18 bits per heavy atom. The number of hydrogen-bond acceptors (Lipinski definition) is 2. The standard InChI is InChI=1S/C14H15NO2/c16-14(17)13-9-5-11-15(13)10-4-8-12-6-2-1-3-7-12/h1-3,6-7,13H,5,8-9,11H2,(H,16,17). The Morgan fingerprint density at radius 3 is 2.88 bits per heavy atom. The number of carboxylic acid groups (broad SMARTS) is 1. The molecule has 0 saturated carbocycles. The van der Waals surface area contributed by atoms with Crippen LogP contribution < -0.4 is 0 Å². The first-order chi connectivity index (χ1) is 8.27. The highest BCUT2D eigenvalue weighted by Crippen LogP contribution is 2.15. The summed E-state index contributed by atoms with van der Waals surface area (Å²) in [7, 11) is 0. The summed E-state index contributed by atoms with van der Waals surface area (Å²) in [4.78, 5) is 12.7. The molecule has 0 aromatic heterocycles. The van der Waals surface area contributed by atoms with Crippen molar-refractivity contribution in [2.24, 2.45) is 0 Å². The van der Waals surface area contributed by atoms with Gasteiger partial charge in [-0.1, -0.05) is 36.3 Å². The summed E-state index contributed by atoms with van der Waals surface area (Å²) >= 11 is 0. The molecule has 1 N–H and O–H groups in total. The lowest BCUT2D eigenvalue weighted by Gasteiger charge is -2.15. The minimum atomic E-state index is -0.767. The van der Waals surface area contributed by atoms with Gasteiger partial charge in [0.2, 0.25) is 0 Å². The summed E-state index contributed by atoms with van der Waals surface area (Å²) < 4.78 is 0. The van der Waals surface area contributed by atoms with Gasteiger partial charge in [-0.15, -0.1) is 0 Å². The SMILES string of the molecule is O=C(O)C1CCCN1C#CCc1ccccc1. The van der Waals surface area contributed by atoms with Gasteiger partial charge in [-0.3, -0.25) is 0 Å². The zero-order valence-corrected chi connectivity index (χ0v) is 9.60. The third-order valence-corrected chi connectivity index (χ3v) is 2.90. The quantitative estimate of drug-likeness (QED) is 0.785. The number of hydrogen-bond donors (Lipinski definition) is 1. The molecule has 3 heteroatoms. The van der Waals surface area contributed by atoms with Gasteiger partial charge < -0.3 is 10.0 Å². The summed E-state index contributed by atoms with van der Waals surface area (Å²) in [5.41, 5.74) is 1.16. The Balaban J connectivity index is 1.95. The van der Waals surface area contributed by atoms with E-state index in [0.717, 1.165) is 18.5 Å². The molecule has 17 heavy (non-hydrogen) atoms. The Bertz CT molecular complexity index is 444. The molecule has 1 aromatic carbocycles. The van der Waals surface area contributed by atoms with Crippen molar-refractivity contribution in [3.05, 3.63) is 35.9 Å². The maximum absolute atomic E-state index is 10.9. The van der Waals surface area contributed by atoms with E-state index in [9.17, 15) is 4.79 Å². The first-order valence-electron chi connectivity index (χ1n) is 5.79. The number of benzene rings is 1. The van der Waals surface area contributed by atoms with Crippen molar-refractivity contribution in [3.63, 3.8) is 0 Å². The van der Waals surface area contributed by atoms with Gasteiger partial charge in [-0.05, 0) is 18.4 Å². The molecular formula is C14H15NO2. The van der Waals surface area contributed by atoms with Crippen molar-refractivity contribution in [1.29, 1.82) is 0 Å². The smallest absolute Gasteiger partial charge is 0.327 e. The van der Waals surface area contributed by atoms with E-state index >= 15 is 0 Å². The van der Waals surface area contributed by atoms with Crippen molar-refractivity contribution >= 4 is 5.97 Å². The molecule has 0 aliphatic carbocycles. The van der Waals surface area contributed by atoms with Gasteiger partial charge in [-0.2, -0.15) is 0 Å². The molecule has 1 atom stereocenters. The van der Waals surface area contributed by atoms with Crippen molar-refractivity contribution in [1.82, 2.24) is 4.90 Å². The van der Waals surface area contributed by atoms with E-state index in [1.807, 2.05) is 30.3 Å². The number of carboxylic acids is 1. The predicted octanol–water partition coefficient (Wildman–Crippen LogP) is 1.74. The Hall–Kier alpha value is -1.95. The van der Waals surface area contributed by atoms with Crippen molar-refractivity contribution < 1.29 is 9.90 Å². The van der Waals surface area contributed by atoms with Crippen LogP contribution in [-0.2, 0) is 11.2 Å². The summed E-state index contributed by atoms with van der Waals surface area (Å²) in [5, 5.41) is 8.99. The largest absolute Gasteiger partial charge is 0.480 e. The molecular weight excluding hydrogens is 214 g/mol. The molecule has 0 amide bonds. The van der Waals surface area contributed by atoms with E-state index in [2.05, 4.69) is 12.0 Å². The number of nitrogens with zero attached hydrogens (tertiary/aromatic N) is 1. The minimum absolute atomic E-state index is 0.418. The van der Waals surface area contributed by atoms with E-state index in [-0.39, 0.29) is 0 Å². The summed E-state index contributed by atoms with van der Waals surface area (Å²) in [6.07, 6.45) is 2.29. The monoisotopic (exact) mass is 229 g/mol. The average molecular weight is 229 g/mol. The van der Waals surface area contributed by atoms with E-state index < -0.39 is 12.0 Å². The van der Waals surface area contributed by atoms with Gasteiger partial charge in [0.25, 0.3) is 0 Å². The van der Waals surface area contributed by atoms with Crippen molar-refractivity contribution in [3.8, 4) is 12.0 Å². The lowest BCUT2D eigenvalue weighted by molar-refractivity contribution is -0.141. The van der Waals surface area contributed by atoms with Crippen LogP contribution in [0.15, 0.2) is 30.3 Å². The van der Waals surface area contributed by atoms with Crippen LogP contribution in [0.2, 0.25) is 0 Å². The normalized spacial score (nSPS) is 18.6. The summed E-state index contributed by atoms with van der Waals surface area (Å²) in [6, 6.07) is 12.5. The third kappa shape index (κ3) is 3.01. The van der Waals surface area contributed by atoms with E-state index in [1.165, 1.54) is 0 Å². The van der Waals surface area contributed by atoms with Gasteiger partial charge in [0.1, 0.15) is 6.04 Å². The minimum Gasteiger partial charge on any atom is -0.480 e. The highest BCUT2D eigenvalue weighted by Gasteiger charge is 2.28. The van der Waals surface area contributed by atoms with Crippen LogP contribution in [0, 0.1) is 12.0 Å². The van der Waals surface area contributed by atoms with Crippen LogP contribution >= 0.6 is 0 Å². The van der Waals surface area contributed by atoms with Gasteiger partial charge in [-0.25, -0.2) is 4.79 Å². The van der Waals surface area contributed by atoms with Crippen molar-refractivity contribution in [2.75, 3.05) is 6.54 Å². The Labute approximate surface area is 101 Å². The third-order valence-electron chi connectivity index (χ3n) is 2.90. The zero-order valence-electron chi connectivity index (χ0n) is 9.60. The summed E-state index contributed by atoms with van der Waals surface area (Å²) in [6.45, 7) is 0.763. The molecule has 88 valence electrons. The number of rotatable bonds is 2. The fraction of sp³-hybridized carbons (Fsp3) is 0.357. The second-order valence-electron chi connectivity index (χ2n) is 4.14. The van der Waals surface area contributed by atoms with Crippen LogP contribution in [-0.4, -0.2) is 28.6 Å². The first-order valence-corrected chi connectivity index (χ1v) is 5.79. The second kappa shape index (κ2) is 5.40. The Morgan fingerprint density at radius 1 is 1.41 bits per heavy atom. The first kappa shape index (κ1) is 11.5. The second-order valence-corrected chi connectivity index (χ2v) is 4.14. The number of aliphatic carboxylic acids is 1. The topological polar surface area (TPSA) is 40.5 Å². The van der Waals surface area contributed by atoms with Crippen LogP contribution in [0.1, 0.15) is 18.4 Å².